The number of hydrogen-bond acceptors (Lipinski definition) is 5. The van der Waals surface area contributed by atoms with Gasteiger partial charge in [-0.3, -0.25) is 0 Å². The lowest BCUT2D eigenvalue weighted by Crippen LogP contribution is -2.27. The summed E-state index contributed by atoms with van der Waals surface area (Å²) in [6, 6.07) is 9.76. The van der Waals surface area contributed by atoms with Gasteiger partial charge in [-0.15, -0.1) is 0 Å². The van der Waals surface area contributed by atoms with Gasteiger partial charge in [-0.25, -0.2) is 9.97 Å². The molecule has 0 aliphatic heterocycles. The lowest BCUT2D eigenvalue weighted by atomic mass is 10.2. The zero-order valence-corrected chi connectivity index (χ0v) is 15.0. The molecule has 0 unspecified atom stereocenters. The van der Waals surface area contributed by atoms with Crippen molar-refractivity contribution in [2.24, 2.45) is 0 Å². The van der Waals surface area contributed by atoms with Gasteiger partial charge in [0.05, 0.1) is 12.1 Å². The van der Waals surface area contributed by atoms with Gasteiger partial charge < -0.3 is 19.7 Å². The average Bonchev–Trinajstić information content (AvgIpc) is 2.99. The van der Waals surface area contributed by atoms with Gasteiger partial charge in [0.2, 0.25) is 0 Å². The number of ether oxygens (including phenoxy) is 1. The third-order valence-corrected chi connectivity index (χ3v) is 4.09. The molecule has 0 saturated carbocycles. The van der Waals surface area contributed by atoms with E-state index in [0.717, 1.165) is 33.7 Å². The molecule has 0 aliphatic rings. The molecule has 2 heterocycles. The minimum Gasteiger partial charge on any atom is -0.492 e. The number of likely N-dealkylation sites (N-methyl/N-ethyl adjacent to an activating group) is 1. The standard InChI is InChI=1S/C17H19BrN4O2/c1-22(6-8-23)7-9-24-14-4-2-12(3-5-14)16-20-15-10-13(18)11-19-17(15)21-16/h2-5,10-11,23H,6-9H2,1H3,(H,19,20,21). The van der Waals surface area contributed by atoms with Crippen molar-refractivity contribution in [3.05, 3.63) is 41.0 Å². The summed E-state index contributed by atoms with van der Waals surface area (Å²) in [5.41, 5.74) is 2.57. The molecule has 0 bridgehead atoms. The Bertz CT molecular complexity index is 804. The summed E-state index contributed by atoms with van der Waals surface area (Å²) in [4.78, 5) is 14.1. The summed E-state index contributed by atoms with van der Waals surface area (Å²) >= 11 is 3.41. The first-order chi connectivity index (χ1) is 11.7. The van der Waals surface area contributed by atoms with Crippen LogP contribution >= 0.6 is 15.9 Å². The third kappa shape index (κ3) is 4.11. The van der Waals surface area contributed by atoms with Gasteiger partial charge in [0.25, 0.3) is 0 Å². The van der Waals surface area contributed by atoms with Crippen molar-refractivity contribution in [3.63, 3.8) is 0 Å². The molecule has 3 aromatic rings. The van der Waals surface area contributed by atoms with Gasteiger partial charge in [-0.1, -0.05) is 0 Å². The fraction of sp³-hybridized carbons (Fsp3) is 0.294. The van der Waals surface area contributed by atoms with E-state index < -0.39 is 0 Å². The Balaban J connectivity index is 1.65. The Morgan fingerprint density at radius 1 is 1.25 bits per heavy atom. The number of benzene rings is 1. The number of nitrogens with one attached hydrogen (secondary N) is 1. The predicted molar refractivity (Wildman–Crippen MR) is 97.1 cm³/mol. The van der Waals surface area contributed by atoms with Crippen LogP contribution in [-0.2, 0) is 0 Å². The van der Waals surface area contributed by atoms with Crippen LogP contribution < -0.4 is 4.74 Å². The number of H-pyrrole nitrogens is 1. The molecular formula is C17H19BrN4O2. The maximum atomic E-state index is 8.86. The summed E-state index contributed by atoms with van der Waals surface area (Å²) in [5, 5.41) is 8.86. The molecule has 0 spiro atoms. The number of fused-ring (bicyclic) bond motifs is 1. The summed E-state index contributed by atoms with van der Waals surface area (Å²) in [5.74, 6) is 1.60. The van der Waals surface area contributed by atoms with Crippen molar-refractivity contribution >= 4 is 27.1 Å². The normalized spacial score (nSPS) is 11.3. The number of halogens is 1. The summed E-state index contributed by atoms with van der Waals surface area (Å²) in [6.45, 7) is 2.16. The van der Waals surface area contributed by atoms with E-state index in [2.05, 4.69) is 30.9 Å². The molecule has 3 rings (SSSR count). The molecule has 0 saturated heterocycles. The van der Waals surface area contributed by atoms with Crippen molar-refractivity contribution in [3.8, 4) is 17.1 Å². The quantitative estimate of drug-likeness (QED) is 0.648. The average molecular weight is 391 g/mol. The minimum atomic E-state index is 0.161. The van der Waals surface area contributed by atoms with E-state index in [4.69, 9.17) is 9.84 Å². The molecule has 0 radical (unpaired) electrons. The van der Waals surface area contributed by atoms with Crippen molar-refractivity contribution in [2.75, 3.05) is 33.4 Å². The van der Waals surface area contributed by atoms with Crippen LogP contribution in [0.2, 0.25) is 0 Å². The molecule has 0 atom stereocenters. The second kappa shape index (κ2) is 7.74. The van der Waals surface area contributed by atoms with E-state index in [-0.39, 0.29) is 6.61 Å². The van der Waals surface area contributed by atoms with Crippen LogP contribution in [0, 0.1) is 0 Å². The first-order valence-corrected chi connectivity index (χ1v) is 8.49. The van der Waals surface area contributed by atoms with Crippen molar-refractivity contribution in [1.29, 1.82) is 0 Å². The van der Waals surface area contributed by atoms with Crippen LogP contribution in [0.25, 0.3) is 22.6 Å². The van der Waals surface area contributed by atoms with E-state index in [1.54, 1.807) is 6.20 Å². The second-order valence-corrected chi connectivity index (χ2v) is 6.43. The maximum Gasteiger partial charge on any atom is 0.178 e. The number of hydrogen-bond donors (Lipinski definition) is 2. The summed E-state index contributed by atoms with van der Waals surface area (Å²) in [7, 11) is 1.96. The van der Waals surface area contributed by atoms with Gasteiger partial charge >= 0.3 is 0 Å². The van der Waals surface area contributed by atoms with Crippen LogP contribution in [0.3, 0.4) is 0 Å². The highest BCUT2D eigenvalue weighted by molar-refractivity contribution is 9.10. The van der Waals surface area contributed by atoms with Crippen molar-refractivity contribution in [1.82, 2.24) is 19.9 Å². The number of aromatic amines is 1. The molecular weight excluding hydrogens is 372 g/mol. The lowest BCUT2D eigenvalue weighted by Gasteiger charge is -2.15. The monoisotopic (exact) mass is 390 g/mol. The molecule has 1 aromatic carbocycles. The highest BCUT2D eigenvalue weighted by Crippen LogP contribution is 2.23. The van der Waals surface area contributed by atoms with Crippen molar-refractivity contribution < 1.29 is 9.84 Å². The second-order valence-electron chi connectivity index (χ2n) is 5.51. The maximum absolute atomic E-state index is 8.86. The molecule has 6 nitrogen and oxygen atoms in total. The minimum absolute atomic E-state index is 0.161. The van der Waals surface area contributed by atoms with Crippen LogP contribution in [0.1, 0.15) is 0 Å². The van der Waals surface area contributed by atoms with E-state index in [0.29, 0.717) is 18.8 Å². The van der Waals surface area contributed by atoms with Gasteiger partial charge in [0, 0.05) is 29.3 Å². The zero-order chi connectivity index (χ0) is 16.9. The Morgan fingerprint density at radius 3 is 2.79 bits per heavy atom. The Hall–Kier alpha value is -1.96. The molecule has 24 heavy (non-hydrogen) atoms. The molecule has 0 fully saturated rings. The first kappa shape index (κ1) is 16.9. The van der Waals surface area contributed by atoms with E-state index >= 15 is 0 Å². The smallest absolute Gasteiger partial charge is 0.178 e. The predicted octanol–water partition coefficient (Wildman–Crippen LogP) is 2.69. The SMILES string of the molecule is CN(CCO)CCOc1ccc(-c2nc3ncc(Br)cc3[nH]2)cc1. The number of aliphatic hydroxyl groups is 1. The number of nitrogens with zero attached hydrogens (tertiary/aromatic N) is 3. The first-order valence-electron chi connectivity index (χ1n) is 7.69. The Morgan fingerprint density at radius 2 is 2.04 bits per heavy atom. The number of aliphatic hydroxyl groups excluding tert-OH is 1. The van der Waals surface area contributed by atoms with E-state index in [9.17, 15) is 0 Å². The molecule has 0 amide bonds. The topological polar surface area (TPSA) is 74.3 Å². The Kier molecular flexibility index (Phi) is 5.44. The fourth-order valence-electron chi connectivity index (χ4n) is 2.32. The fourth-order valence-corrected chi connectivity index (χ4v) is 2.65. The largest absolute Gasteiger partial charge is 0.492 e. The van der Waals surface area contributed by atoms with E-state index in [1.807, 2.05) is 42.3 Å². The molecule has 0 aliphatic carbocycles. The molecule has 2 aromatic heterocycles. The Labute approximate surface area is 148 Å². The third-order valence-electron chi connectivity index (χ3n) is 3.66. The van der Waals surface area contributed by atoms with Crippen molar-refractivity contribution in [2.45, 2.75) is 0 Å². The van der Waals surface area contributed by atoms with Crippen LogP contribution in [-0.4, -0.2) is 58.3 Å². The van der Waals surface area contributed by atoms with Gasteiger partial charge in [0.15, 0.2) is 5.65 Å². The van der Waals surface area contributed by atoms with Crippen LogP contribution in [0.15, 0.2) is 41.0 Å². The number of pyridine rings is 1. The van der Waals surface area contributed by atoms with Gasteiger partial charge in [-0.2, -0.15) is 0 Å². The molecule has 7 heteroatoms. The number of aromatic nitrogens is 3. The number of imidazole rings is 1. The van der Waals surface area contributed by atoms with Gasteiger partial charge in [0.1, 0.15) is 18.2 Å². The van der Waals surface area contributed by atoms with Crippen LogP contribution in [0.4, 0.5) is 0 Å². The van der Waals surface area contributed by atoms with E-state index in [1.165, 1.54) is 0 Å². The molecule has 2 N–H and O–H groups in total. The number of rotatable bonds is 7. The summed E-state index contributed by atoms with van der Waals surface area (Å²) in [6.07, 6.45) is 1.73. The van der Waals surface area contributed by atoms with Gasteiger partial charge in [-0.05, 0) is 53.3 Å². The lowest BCUT2D eigenvalue weighted by molar-refractivity contribution is 0.192. The highest BCUT2D eigenvalue weighted by atomic mass is 79.9. The highest BCUT2D eigenvalue weighted by Gasteiger charge is 2.07. The zero-order valence-electron chi connectivity index (χ0n) is 13.4. The summed E-state index contributed by atoms with van der Waals surface area (Å²) < 4.78 is 6.63. The molecule has 126 valence electrons. The van der Waals surface area contributed by atoms with Crippen LogP contribution in [0.5, 0.6) is 5.75 Å².